The van der Waals surface area contributed by atoms with Crippen LogP contribution < -0.4 is 20.1 Å². The summed E-state index contributed by atoms with van der Waals surface area (Å²) in [6, 6.07) is 11.1. The standard InChI is InChI=1S/C21H26N2O3/c1-14(2)13-26-19-10-9-15(12-20(19)25-3)21(24)23-11-5-6-16-17(22)7-4-8-18(16)23/h4,7-10,12,14H,5-6,11,13,22H2,1-3H3. The van der Waals surface area contributed by atoms with E-state index < -0.39 is 0 Å². The molecule has 0 aromatic heterocycles. The lowest BCUT2D eigenvalue weighted by molar-refractivity contribution is 0.0984. The van der Waals surface area contributed by atoms with Gasteiger partial charge in [-0.15, -0.1) is 0 Å². The van der Waals surface area contributed by atoms with Gasteiger partial charge in [0.2, 0.25) is 0 Å². The number of anilines is 2. The molecule has 138 valence electrons. The summed E-state index contributed by atoms with van der Waals surface area (Å²) in [7, 11) is 1.59. The average molecular weight is 354 g/mol. The first kappa shape index (κ1) is 18.1. The smallest absolute Gasteiger partial charge is 0.258 e. The minimum absolute atomic E-state index is 0.0507. The molecule has 0 aliphatic carbocycles. The fourth-order valence-corrected chi connectivity index (χ4v) is 3.19. The number of hydrogen-bond acceptors (Lipinski definition) is 4. The molecule has 0 spiro atoms. The van der Waals surface area contributed by atoms with Crippen molar-refractivity contribution < 1.29 is 14.3 Å². The molecule has 3 rings (SSSR count). The Bertz CT molecular complexity index is 802. The summed E-state index contributed by atoms with van der Waals surface area (Å²) in [5.41, 5.74) is 9.37. The van der Waals surface area contributed by atoms with E-state index in [0.29, 0.717) is 36.1 Å². The number of ether oxygens (including phenoxy) is 2. The van der Waals surface area contributed by atoms with Crippen molar-refractivity contribution in [2.75, 3.05) is 30.9 Å². The molecule has 26 heavy (non-hydrogen) atoms. The Hall–Kier alpha value is -2.69. The number of amides is 1. The van der Waals surface area contributed by atoms with E-state index in [4.69, 9.17) is 15.2 Å². The van der Waals surface area contributed by atoms with E-state index in [9.17, 15) is 4.79 Å². The van der Waals surface area contributed by atoms with Gasteiger partial charge < -0.3 is 20.1 Å². The van der Waals surface area contributed by atoms with Gasteiger partial charge in [0, 0.05) is 23.5 Å². The molecule has 5 heteroatoms. The molecule has 1 heterocycles. The van der Waals surface area contributed by atoms with Crippen LogP contribution in [0, 0.1) is 5.92 Å². The maximum atomic E-state index is 13.1. The molecule has 2 aromatic carbocycles. The highest BCUT2D eigenvalue weighted by Gasteiger charge is 2.25. The number of nitrogens with zero attached hydrogens (tertiary/aromatic N) is 1. The predicted octanol–water partition coefficient (Wildman–Crippen LogP) is 3.91. The zero-order chi connectivity index (χ0) is 18.7. The number of carbonyl (C=O) groups excluding carboxylic acids is 1. The normalized spacial score (nSPS) is 13.5. The highest BCUT2D eigenvalue weighted by atomic mass is 16.5. The van der Waals surface area contributed by atoms with E-state index in [2.05, 4.69) is 13.8 Å². The van der Waals surface area contributed by atoms with E-state index in [0.717, 1.165) is 29.8 Å². The van der Waals surface area contributed by atoms with E-state index in [1.54, 1.807) is 30.2 Å². The summed E-state index contributed by atoms with van der Waals surface area (Å²) in [6.07, 6.45) is 1.80. The Morgan fingerprint density at radius 3 is 2.77 bits per heavy atom. The van der Waals surface area contributed by atoms with E-state index in [1.807, 2.05) is 18.2 Å². The zero-order valence-electron chi connectivity index (χ0n) is 15.6. The largest absolute Gasteiger partial charge is 0.493 e. The molecule has 0 radical (unpaired) electrons. The van der Waals surface area contributed by atoms with Crippen LogP contribution in [-0.2, 0) is 6.42 Å². The molecular formula is C21H26N2O3. The Labute approximate surface area is 154 Å². The molecule has 2 aromatic rings. The number of carbonyl (C=O) groups is 1. The third kappa shape index (κ3) is 3.62. The minimum atomic E-state index is -0.0507. The second-order valence-electron chi connectivity index (χ2n) is 6.98. The van der Waals surface area contributed by atoms with Crippen molar-refractivity contribution >= 4 is 17.3 Å². The summed E-state index contributed by atoms with van der Waals surface area (Å²) in [6.45, 7) is 5.46. The number of nitrogen functional groups attached to an aromatic ring is 1. The zero-order valence-corrected chi connectivity index (χ0v) is 15.6. The van der Waals surface area contributed by atoms with Crippen molar-refractivity contribution in [3.63, 3.8) is 0 Å². The number of nitrogens with two attached hydrogens (primary N) is 1. The molecule has 1 aliphatic rings. The molecule has 2 N–H and O–H groups in total. The number of benzene rings is 2. The first-order valence-electron chi connectivity index (χ1n) is 9.01. The van der Waals surface area contributed by atoms with Gasteiger partial charge in [0.15, 0.2) is 11.5 Å². The van der Waals surface area contributed by atoms with Gasteiger partial charge in [0.05, 0.1) is 13.7 Å². The van der Waals surface area contributed by atoms with Gasteiger partial charge in [-0.3, -0.25) is 4.79 Å². The summed E-state index contributed by atoms with van der Waals surface area (Å²) in [4.78, 5) is 14.9. The quantitative estimate of drug-likeness (QED) is 0.827. The second-order valence-corrected chi connectivity index (χ2v) is 6.98. The summed E-state index contributed by atoms with van der Waals surface area (Å²) in [5, 5.41) is 0. The molecule has 0 saturated heterocycles. The monoisotopic (exact) mass is 354 g/mol. The Kier molecular flexibility index (Phi) is 5.35. The van der Waals surface area contributed by atoms with Gasteiger partial charge in [-0.1, -0.05) is 19.9 Å². The van der Waals surface area contributed by atoms with Gasteiger partial charge in [0.1, 0.15) is 0 Å². The van der Waals surface area contributed by atoms with E-state index in [1.165, 1.54) is 0 Å². The van der Waals surface area contributed by atoms with Crippen molar-refractivity contribution in [2.24, 2.45) is 5.92 Å². The minimum Gasteiger partial charge on any atom is -0.493 e. The van der Waals surface area contributed by atoms with E-state index in [-0.39, 0.29) is 5.91 Å². The van der Waals surface area contributed by atoms with Crippen LogP contribution in [0.5, 0.6) is 11.5 Å². The fourth-order valence-electron chi connectivity index (χ4n) is 3.19. The molecule has 0 bridgehead atoms. The van der Waals surface area contributed by atoms with Crippen LogP contribution in [0.1, 0.15) is 36.2 Å². The SMILES string of the molecule is COc1cc(C(=O)N2CCCc3c(N)cccc32)ccc1OCC(C)C. The highest BCUT2D eigenvalue weighted by Crippen LogP contribution is 2.34. The lowest BCUT2D eigenvalue weighted by atomic mass is 9.99. The Morgan fingerprint density at radius 1 is 1.23 bits per heavy atom. The number of hydrogen-bond donors (Lipinski definition) is 1. The number of rotatable bonds is 5. The summed E-state index contributed by atoms with van der Waals surface area (Å²) >= 11 is 0. The highest BCUT2D eigenvalue weighted by molar-refractivity contribution is 6.07. The maximum absolute atomic E-state index is 13.1. The van der Waals surface area contributed by atoms with Crippen LogP contribution >= 0.6 is 0 Å². The number of methoxy groups -OCH3 is 1. The molecular weight excluding hydrogens is 328 g/mol. The molecule has 1 amide bonds. The average Bonchev–Trinajstić information content (AvgIpc) is 2.65. The molecule has 1 aliphatic heterocycles. The van der Waals surface area contributed by atoms with Gasteiger partial charge >= 0.3 is 0 Å². The van der Waals surface area contributed by atoms with Crippen molar-refractivity contribution in [2.45, 2.75) is 26.7 Å². The van der Waals surface area contributed by atoms with Crippen molar-refractivity contribution in [3.05, 3.63) is 47.5 Å². The van der Waals surface area contributed by atoms with Crippen LogP contribution in [-0.4, -0.2) is 26.2 Å². The molecule has 0 saturated carbocycles. The van der Waals surface area contributed by atoms with Crippen LogP contribution in [0.25, 0.3) is 0 Å². The van der Waals surface area contributed by atoms with Gasteiger partial charge in [-0.25, -0.2) is 0 Å². The lowest BCUT2D eigenvalue weighted by Gasteiger charge is -2.30. The molecule has 0 unspecified atom stereocenters. The van der Waals surface area contributed by atoms with Crippen LogP contribution in [0.4, 0.5) is 11.4 Å². The maximum Gasteiger partial charge on any atom is 0.258 e. The van der Waals surface area contributed by atoms with E-state index >= 15 is 0 Å². The predicted molar refractivity (Wildman–Crippen MR) is 104 cm³/mol. The third-order valence-electron chi connectivity index (χ3n) is 4.51. The third-order valence-corrected chi connectivity index (χ3v) is 4.51. The summed E-state index contributed by atoms with van der Waals surface area (Å²) in [5.74, 6) is 1.59. The first-order chi connectivity index (χ1) is 12.5. The second kappa shape index (κ2) is 7.68. The lowest BCUT2D eigenvalue weighted by Crippen LogP contribution is -2.35. The van der Waals surface area contributed by atoms with Gasteiger partial charge in [-0.05, 0) is 54.7 Å². The Morgan fingerprint density at radius 2 is 2.04 bits per heavy atom. The van der Waals surface area contributed by atoms with Crippen LogP contribution in [0.3, 0.4) is 0 Å². The van der Waals surface area contributed by atoms with Crippen LogP contribution in [0.15, 0.2) is 36.4 Å². The number of fused-ring (bicyclic) bond motifs is 1. The van der Waals surface area contributed by atoms with Gasteiger partial charge in [0.25, 0.3) is 5.91 Å². The van der Waals surface area contributed by atoms with Crippen molar-refractivity contribution in [1.29, 1.82) is 0 Å². The molecule has 0 fully saturated rings. The fraction of sp³-hybridized carbons (Fsp3) is 0.381. The van der Waals surface area contributed by atoms with Crippen LogP contribution in [0.2, 0.25) is 0 Å². The first-order valence-corrected chi connectivity index (χ1v) is 9.01. The Balaban J connectivity index is 1.88. The summed E-state index contributed by atoms with van der Waals surface area (Å²) < 4.78 is 11.2. The van der Waals surface area contributed by atoms with Gasteiger partial charge in [-0.2, -0.15) is 0 Å². The topological polar surface area (TPSA) is 64.8 Å². The molecule has 0 atom stereocenters. The van der Waals surface area contributed by atoms with Crippen molar-refractivity contribution in [1.82, 2.24) is 0 Å². The van der Waals surface area contributed by atoms with Crippen molar-refractivity contribution in [3.8, 4) is 11.5 Å². The molecule has 5 nitrogen and oxygen atoms in total.